The lowest BCUT2D eigenvalue weighted by Crippen LogP contribution is -2.24. The van der Waals surface area contributed by atoms with E-state index < -0.39 is 0 Å². The second-order valence-electron chi connectivity index (χ2n) is 5.31. The predicted molar refractivity (Wildman–Crippen MR) is 89.8 cm³/mol. The van der Waals surface area contributed by atoms with Crippen molar-refractivity contribution in [2.75, 3.05) is 6.54 Å². The number of carbonyl (C=O) groups is 1. The molecule has 0 aliphatic carbocycles. The zero-order valence-electron chi connectivity index (χ0n) is 12.8. The molecule has 3 nitrogen and oxygen atoms in total. The molecule has 0 spiro atoms. The van der Waals surface area contributed by atoms with E-state index in [2.05, 4.69) is 10.3 Å². The Hall–Kier alpha value is -2.75. The quantitative estimate of drug-likeness (QED) is 0.785. The number of hydrogen-bond donors (Lipinski definition) is 1. The van der Waals surface area contributed by atoms with Gasteiger partial charge in [-0.2, -0.15) is 0 Å². The Morgan fingerprint density at radius 2 is 1.87 bits per heavy atom. The van der Waals surface area contributed by atoms with E-state index in [1.165, 1.54) is 6.07 Å². The average Bonchev–Trinajstić information content (AvgIpc) is 2.59. The molecule has 0 saturated heterocycles. The van der Waals surface area contributed by atoms with Crippen molar-refractivity contribution >= 4 is 16.8 Å². The first kappa shape index (κ1) is 15.2. The minimum Gasteiger partial charge on any atom is -0.352 e. The lowest BCUT2D eigenvalue weighted by molar-refractivity contribution is 0.0955. The first-order chi connectivity index (χ1) is 11.2. The van der Waals surface area contributed by atoms with Gasteiger partial charge >= 0.3 is 0 Å². The van der Waals surface area contributed by atoms with Crippen LogP contribution in [0.3, 0.4) is 0 Å². The van der Waals surface area contributed by atoms with Gasteiger partial charge in [-0.25, -0.2) is 9.37 Å². The smallest absolute Gasteiger partial charge is 0.252 e. The van der Waals surface area contributed by atoms with Crippen LogP contribution >= 0.6 is 0 Å². The number of halogens is 1. The molecule has 0 saturated carbocycles. The zero-order valence-corrected chi connectivity index (χ0v) is 12.8. The number of amides is 1. The van der Waals surface area contributed by atoms with Crippen LogP contribution in [-0.2, 0) is 0 Å². The van der Waals surface area contributed by atoms with Crippen molar-refractivity contribution < 1.29 is 9.18 Å². The summed E-state index contributed by atoms with van der Waals surface area (Å²) in [5, 5.41) is 3.64. The fourth-order valence-electron chi connectivity index (χ4n) is 2.50. The van der Waals surface area contributed by atoms with Gasteiger partial charge in [-0.15, -0.1) is 0 Å². The van der Waals surface area contributed by atoms with Gasteiger partial charge in [0.05, 0.1) is 16.8 Å². The van der Waals surface area contributed by atoms with Crippen LogP contribution in [0, 0.1) is 5.82 Å². The maximum atomic E-state index is 14.1. The molecule has 3 rings (SSSR count). The summed E-state index contributed by atoms with van der Waals surface area (Å²) in [5.41, 5.74) is 2.04. The molecular weight excluding hydrogens is 291 g/mol. The van der Waals surface area contributed by atoms with E-state index in [4.69, 9.17) is 0 Å². The van der Waals surface area contributed by atoms with Crippen molar-refractivity contribution in [3.63, 3.8) is 0 Å². The van der Waals surface area contributed by atoms with Crippen LogP contribution in [0.1, 0.15) is 23.7 Å². The molecular formula is C19H17FN2O. The molecule has 0 atom stereocenters. The summed E-state index contributed by atoms with van der Waals surface area (Å²) < 4.78 is 14.1. The summed E-state index contributed by atoms with van der Waals surface area (Å²) >= 11 is 0. The van der Waals surface area contributed by atoms with Gasteiger partial charge in [0.2, 0.25) is 0 Å². The lowest BCUT2D eigenvalue weighted by Gasteiger charge is -2.10. The number of carbonyl (C=O) groups excluding carboxylic acids is 1. The van der Waals surface area contributed by atoms with Gasteiger partial charge in [-0.1, -0.05) is 37.3 Å². The Labute approximate surface area is 134 Å². The Balaban J connectivity index is 2.18. The number of rotatable bonds is 4. The topological polar surface area (TPSA) is 42.0 Å². The van der Waals surface area contributed by atoms with E-state index in [1.807, 2.05) is 31.2 Å². The summed E-state index contributed by atoms with van der Waals surface area (Å²) in [6.45, 7) is 2.60. The molecule has 23 heavy (non-hydrogen) atoms. The number of aromatic nitrogens is 1. The predicted octanol–water partition coefficient (Wildman–Crippen LogP) is 4.18. The number of nitrogens with one attached hydrogen (secondary N) is 1. The average molecular weight is 308 g/mol. The first-order valence-electron chi connectivity index (χ1n) is 7.63. The van der Waals surface area contributed by atoms with Crippen LogP contribution in [0.15, 0.2) is 54.6 Å². The normalized spacial score (nSPS) is 10.7. The third kappa shape index (κ3) is 3.06. The van der Waals surface area contributed by atoms with E-state index in [0.29, 0.717) is 28.9 Å². The number of para-hydroxylation sites is 1. The van der Waals surface area contributed by atoms with Crippen LogP contribution in [0.5, 0.6) is 0 Å². The molecule has 0 unspecified atom stereocenters. The standard InChI is InChI=1S/C19H17FN2O/c1-2-11-21-19(23)15-12-18(14-8-3-5-9-16(14)20)22-17-10-6-4-7-13(15)17/h3-10,12H,2,11H2,1H3,(H,21,23). The summed E-state index contributed by atoms with van der Waals surface area (Å²) in [4.78, 5) is 17.0. The monoisotopic (exact) mass is 308 g/mol. The molecule has 2 aromatic carbocycles. The van der Waals surface area contributed by atoms with E-state index in [-0.39, 0.29) is 11.7 Å². The van der Waals surface area contributed by atoms with E-state index in [1.54, 1.807) is 24.3 Å². The minimum atomic E-state index is -0.352. The maximum absolute atomic E-state index is 14.1. The number of pyridine rings is 1. The summed E-state index contributed by atoms with van der Waals surface area (Å²) in [6.07, 6.45) is 0.856. The van der Waals surface area contributed by atoms with Gasteiger partial charge in [-0.3, -0.25) is 4.79 Å². The number of benzene rings is 2. The van der Waals surface area contributed by atoms with E-state index in [0.717, 1.165) is 11.8 Å². The number of nitrogens with zero attached hydrogens (tertiary/aromatic N) is 1. The van der Waals surface area contributed by atoms with Crippen LogP contribution in [0.2, 0.25) is 0 Å². The molecule has 0 radical (unpaired) electrons. The highest BCUT2D eigenvalue weighted by Gasteiger charge is 2.14. The molecule has 0 bridgehead atoms. The van der Waals surface area contributed by atoms with Crippen molar-refractivity contribution in [2.45, 2.75) is 13.3 Å². The molecule has 0 aliphatic rings. The Kier molecular flexibility index (Phi) is 4.33. The highest BCUT2D eigenvalue weighted by Crippen LogP contribution is 2.26. The summed E-state index contributed by atoms with van der Waals surface area (Å²) in [6, 6.07) is 15.5. The van der Waals surface area contributed by atoms with Gasteiger partial charge in [0.15, 0.2) is 0 Å². The fourth-order valence-corrected chi connectivity index (χ4v) is 2.50. The van der Waals surface area contributed by atoms with E-state index in [9.17, 15) is 9.18 Å². The van der Waals surface area contributed by atoms with Gasteiger partial charge in [0.1, 0.15) is 5.82 Å². The van der Waals surface area contributed by atoms with Gasteiger partial charge in [0, 0.05) is 17.5 Å². The summed E-state index contributed by atoms with van der Waals surface area (Å²) in [7, 11) is 0. The minimum absolute atomic E-state index is 0.164. The number of fused-ring (bicyclic) bond motifs is 1. The Bertz CT molecular complexity index is 861. The summed E-state index contributed by atoms with van der Waals surface area (Å²) in [5.74, 6) is -0.516. The maximum Gasteiger partial charge on any atom is 0.252 e. The van der Waals surface area contributed by atoms with Crippen molar-refractivity contribution in [1.29, 1.82) is 0 Å². The Morgan fingerprint density at radius 1 is 1.13 bits per heavy atom. The first-order valence-corrected chi connectivity index (χ1v) is 7.63. The second kappa shape index (κ2) is 6.57. The van der Waals surface area contributed by atoms with Gasteiger partial charge in [-0.05, 0) is 30.7 Å². The van der Waals surface area contributed by atoms with Crippen molar-refractivity contribution in [2.24, 2.45) is 0 Å². The molecule has 4 heteroatoms. The molecule has 0 aliphatic heterocycles. The largest absolute Gasteiger partial charge is 0.352 e. The second-order valence-corrected chi connectivity index (χ2v) is 5.31. The van der Waals surface area contributed by atoms with Crippen LogP contribution in [0.4, 0.5) is 4.39 Å². The third-order valence-corrected chi connectivity index (χ3v) is 3.65. The highest BCUT2D eigenvalue weighted by atomic mass is 19.1. The molecule has 3 aromatic rings. The molecule has 116 valence electrons. The molecule has 1 aromatic heterocycles. The SMILES string of the molecule is CCCNC(=O)c1cc(-c2ccccc2F)nc2ccccc12. The molecule has 1 heterocycles. The van der Waals surface area contributed by atoms with Crippen molar-refractivity contribution in [3.8, 4) is 11.3 Å². The van der Waals surface area contributed by atoms with Gasteiger partial charge in [0.25, 0.3) is 5.91 Å². The third-order valence-electron chi connectivity index (χ3n) is 3.65. The molecule has 1 amide bonds. The lowest BCUT2D eigenvalue weighted by atomic mass is 10.0. The van der Waals surface area contributed by atoms with Crippen molar-refractivity contribution in [1.82, 2.24) is 10.3 Å². The van der Waals surface area contributed by atoms with Crippen LogP contribution < -0.4 is 5.32 Å². The fraction of sp³-hybridized carbons (Fsp3) is 0.158. The van der Waals surface area contributed by atoms with Gasteiger partial charge < -0.3 is 5.32 Å². The van der Waals surface area contributed by atoms with Crippen LogP contribution in [0.25, 0.3) is 22.2 Å². The van der Waals surface area contributed by atoms with Crippen molar-refractivity contribution in [3.05, 3.63) is 66.0 Å². The highest BCUT2D eigenvalue weighted by molar-refractivity contribution is 6.07. The Morgan fingerprint density at radius 3 is 2.65 bits per heavy atom. The van der Waals surface area contributed by atoms with Crippen LogP contribution in [-0.4, -0.2) is 17.4 Å². The van der Waals surface area contributed by atoms with E-state index >= 15 is 0 Å². The molecule has 1 N–H and O–H groups in total. The molecule has 0 fully saturated rings. The zero-order chi connectivity index (χ0) is 16.2. The number of hydrogen-bond acceptors (Lipinski definition) is 2.